The van der Waals surface area contributed by atoms with Crippen molar-refractivity contribution in [3.8, 4) is 5.75 Å². The maximum atomic E-state index is 5.79. The molecule has 0 radical (unpaired) electrons. The first-order chi connectivity index (χ1) is 9.58. The number of rotatable bonds is 6. The van der Waals surface area contributed by atoms with Gasteiger partial charge in [-0.3, -0.25) is 0 Å². The molecule has 0 amide bonds. The molecule has 1 N–H and O–H groups in total. The molecule has 0 spiro atoms. The molecular weight excluding hydrogens is 254 g/mol. The maximum Gasteiger partial charge on any atom is 0.267 e. The summed E-state index contributed by atoms with van der Waals surface area (Å²) in [5.74, 6) is 2.00. The monoisotopic (exact) mass is 275 g/mol. The second kappa shape index (κ2) is 6.52. The Labute approximate surface area is 119 Å². The molecule has 0 aliphatic carbocycles. The van der Waals surface area contributed by atoms with E-state index in [1.54, 1.807) is 0 Å². The third-order valence-electron chi connectivity index (χ3n) is 3.15. The van der Waals surface area contributed by atoms with Crippen LogP contribution in [0.25, 0.3) is 0 Å². The summed E-state index contributed by atoms with van der Waals surface area (Å²) < 4.78 is 11.0. The van der Waals surface area contributed by atoms with Gasteiger partial charge in [0.05, 0.1) is 0 Å². The predicted molar refractivity (Wildman–Crippen MR) is 76.7 cm³/mol. The standard InChI is InChI=1S/C15H21N3O2/c1-10-5-7-13(8-6-10)19-12(3)15-17-14(18-20-15)9-11(2)16-4/h5-8,11-12,16H,9H2,1-4H3. The predicted octanol–water partition coefficient (Wildman–Crippen LogP) is 2.67. The van der Waals surface area contributed by atoms with Crippen molar-refractivity contribution in [2.45, 2.75) is 39.3 Å². The third kappa shape index (κ3) is 3.81. The zero-order valence-electron chi connectivity index (χ0n) is 12.4. The van der Waals surface area contributed by atoms with E-state index in [4.69, 9.17) is 9.26 Å². The molecule has 0 aliphatic heterocycles. The van der Waals surface area contributed by atoms with Crippen molar-refractivity contribution in [2.75, 3.05) is 7.05 Å². The number of nitrogens with one attached hydrogen (secondary N) is 1. The van der Waals surface area contributed by atoms with Crippen molar-refractivity contribution >= 4 is 0 Å². The number of nitrogens with zero attached hydrogens (tertiary/aromatic N) is 2. The van der Waals surface area contributed by atoms with Crippen LogP contribution in [-0.4, -0.2) is 23.2 Å². The molecule has 5 nitrogen and oxygen atoms in total. The van der Waals surface area contributed by atoms with Gasteiger partial charge in [0.1, 0.15) is 5.75 Å². The van der Waals surface area contributed by atoms with Gasteiger partial charge in [-0.2, -0.15) is 4.98 Å². The Bertz CT molecular complexity index is 536. The fraction of sp³-hybridized carbons (Fsp3) is 0.467. The van der Waals surface area contributed by atoms with E-state index < -0.39 is 0 Å². The zero-order chi connectivity index (χ0) is 14.5. The molecule has 1 aromatic heterocycles. The van der Waals surface area contributed by atoms with Crippen LogP contribution >= 0.6 is 0 Å². The molecule has 0 fully saturated rings. The van der Waals surface area contributed by atoms with Gasteiger partial charge in [0, 0.05) is 12.5 Å². The SMILES string of the molecule is CNC(C)Cc1noc(C(C)Oc2ccc(C)cc2)n1. The second-order valence-electron chi connectivity index (χ2n) is 5.02. The number of aromatic nitrogens is 2. The molecule has 108 valence electrons. The minimum absolute atomic E-state index is 0.260. The number of likely N-dealkylation sites (N-methyl/N-ethyl adjacent to an activating group) is 1. The van der Waals surface area contributed by atoms with Crippen molar-refractivity contribution < 1.29 is 9.26 Å². The quantitative estimate of drug-likeness (QED) is 0.878. The van der Waals surface area contributed by atoms with Crippen molar-refractivity contribution in [3.63, 3.8) is 0 Å². The third-order valence-corrected chi connectivity index (χ3v) is 3.15. The Morgan fingerprint density at radius 1 is 1.25 bits per heavy atom. The van der Waals surface area contributed by atoms with E-state index in [9.17, 15) is 0 Å². The van der Waals surface area contributed by atoms with E-state index in [0.717, 1.165) is 12.2 Å². The summed E-state index contributed by atoms with van der Waals surface area (Å²) >= 11 is 0. The topological polar surface area (TPSA) is 60.2 Å². The van der Waals surface area contributed by atoms with Gasteiger partial charge in [-0.25, -0.2) is 0 Å². The molecule has 0 bridgehead atoms. The molecule has 0 saturated heterocycles. The fourth-order valence-corrected chi connectivity index (χ4v) is 1.76. The summed E-state index contributed by atoms with van der Waals surface area (Å²) in [6.45, 7) is 6.02. The molecule has 20 heavy (non-hydrogen) atoms. The summed E-state index contributed by atoms with van der Waals surface area (Å²) in [5, 5.41) is 7.12. The molecule has 2 rings (SSSR count). The van der Waals surface area contributed by atoms with Gasteiger partial charge in [-0.05, 0) is 40.0 Å². The summed E-state index contributed by atoms with van der Waals surface area (Å²) in [5.41, 5.74) is 1.20. The van der Waals surface area contributed by atoms with Gasteiger partial charge in [-0.1, -0.05) is 22.9 Å². The molecule has 1 aromatic carbocycles. The Balaban J connectivity index is 1.98. The Hall–Kier alpha value is -1.88. The van der Waals surface area contributed by atoms with Crippen LogP contribution in [0.5, 0.6) is 5.75 Å². The van der Waals surface area contributed by atoms with Crippen molar-refractivity contribution in [1.29, 1.82) is 0 Å². The number of aryl methyl sites for hydroxylation is 1. The summed E-state index contributed by atoms with van der Waals surface area (Å²) in [4.78, 5) is 4.37. The van der Waals surface area contributed by atoms with Gasteiger partial charge in [0.15, 0.2) is 11.9 Å². The van der Waals surface area contributed by atoms with E-state index in [1.807, 2.05) is 45.2 Å². The van der Waals surface area contributed by atoms with Crippen LogP contribution in [0.2, 0.25) is 0 Å². The average molecular weight is 275 g/mol. The first kappa shape index (κ1) is 14.5. The average Bonchev–Trinajstić information content (AvgIpc) is 2.89. The number of benzene rings is 1. The molecular formula is C15H21N3O2. The van der Waals surface area contributed by atoms with Gasteiger partial charge in [0.25, 0.3) is 5.89 Å². The highest BCUT2D eigenvalue weighted by molar-refractivity contribution is 5.26. The molecule has 0 aliphatic rings. The second-order valence-corrected chi connectivity index (χ2v) is 5.02. The molecule has 1 heterocycles. The highest BCUT2D eigenvalue weighted by Crippen LogP contribution is 2.20. The molecule has 0 saturated carbocycles. The van der Waals surface area contributed by atoms with E-state index in [1.165, 1.54) is 5.56 Å². The van der Waals surface area contributed by atoms with E-state index in [2.05, 4.69) is 22.4 Å². The Kier molecular flexibility index (Phi) is 4.74. The van der Waals surface area contributed by atoms with Crippen molar-refractivity contribution in [1.82, 2.24) is 15.5 Å². The van der Waals surface area contributed by atoms with Gasteiger partial charge >= 0.3 is 0 Å². The molecule has 5 heteroatoms. The molecule has 2 aromatic rings. The van der Waals surface area contributed by atoms with Crippen LogP contribution in [0.1, 0.15) is 37.2 Å². The first-order valence-corrected chi connectivity index (χ1v) is 6.81. The largest absolute Gasteiger partial charge is 0.481 e. The molecule has 2 unspecified atom stereocenters. The van der Waals surface area contributed by atoms with Crippen LogP contribution in [0, 0.1) is 6.92 Å². The van der Waals surface area contributed by atoms with Crippen molar-refractivity contribution in [3.05, 3.63) is 41.5 Å². The van der Waals surface area contributed by atoms with Gasteiger partial charge < -0.3 is 14.6 Å². The summed E-state index contributed by atoms with van der Waals surface area (Å²) in [6, 6.07) is 8.21. The zero-order valence-corrected chi connectivity index (χ0v) is 12.4. The number of ether oxygens (including phenoxy) is 1. The van der Waals surface area contributed by atoms with E-state index in [0.29, 0.717) is 17.8 Å². The molecule has 2 atom stereocenters. The van der Waals surface area contributed by atoms with Crippen LogP contribution in [0.15, 0.2) is 28.8 Å². The number of hydrogen-bond acceptors (Lipinski definition) is 5. The lowest BCUT2D eigenvalue weighted by atomic mass is 10.2. The summed E-state index contributed by atoms with van der Waals surface area (Å²) in [7, 11) is 1.91. The Morgan fingerprint density at radius 3 is 2.60 bits per heavy atom. The Morgan fingerprint density at radius 2 is 1.95 bits per heavy atom. The highest BCUT2D eigenvalue weighted by Gasteiger charge is 2.16. The lowest BCUT2D eigenvalue weighted by molar-refractivity contribution is 0.175. The van der Waals surface area contributed by atoms with Gasteiger partial charge in [-0.15, -0.1) is 0 Å². The lowest BCUT2D eigenvalue weighted by Gasteiger charge is -2.10. The van der Waals surface area contributed by atoms with Crippen LogP contribution < -0.4 is 10.1 Å². The van der Waals surface area contributed by atoms with Crippen LogP contribution in [0.4, 0.5) is 0 Å². The maximum absolute atomic E-state index is 5.79. The first-order valence-electron chi connectivity index (χ1n) is 6.81. The van der Waals surface area contributed by atoms with Crippen LogP contribution in [-0.2, 0) is 6.42 Å². The fourth-order valence-electron chi connectivity index (χ4n) is 1.76. The van der Waals surface area contributed by atoms with Crippen molar-refractivity contribution in [2.24, 2.45) is 0 Å². The normalized spacial score (nSPS) is 14.0. The number of hydrogen-bond donors (Lipinski definition) is 1. The van der Waals surface area contributed by atoms with E-state index in [-0.39, 0.29) is 6.10 Å². The minimum Gasteiger partial charge on any atom is -0.481 e. The van der Waals surface area contributed by atoms with Crippen LogP contribution in [0.3, 0.4) is 0 Å². The smallest absolute Gasteiger partial charge is 0.267 e. The van der Waals surface area contributed by atoms with E-state index >= 15 is 0 Å². The highest BCUT2D eigenvalue weighted by atomic mass is 16.5. The minimum atomic E-state index is -0.260. The van der Waals surface area contributed by atoms with Gasteiger partial charge in [0.2, 0.25) is 0 Å². The summed E-state index contributed by atoms with van der Waals surface area (Å²) in [6.07, 6.45) is 0.473. The lowest BCUT2D eigenvalue weighted by Crippen LogP contribution is -2.24.